The average Bonchev–Trinajstić information content (AvgIpc) is 2.91. The molecule has 0 N–H and O–H groups in total. The van der Waals surface area contributed by atoms with E-state index >= 15 is 0 Å². The Morgan fingerprint density at radius 2 is 1.79 bits per heavy atom. The van der Waals surface area contributed by atoms with E-state index in [2.05, 4.69) is 6.58 Å². The molecule has 0 radical (unpaired) electrons. The van der Waals surface area contributed by atoms with E-state index in [4.69, 9.17) is 16.4 Å². The van der Waals surface area contributed by atoms with Crippen LogP contribution in [0.2, 0.25) is 0 Å². The third-order valence-corrected chi connectivity index (χ3v) is 6.52. The fourth-order valence-electron chi connectivity index (χ4n) is 2.44. The number of carbonyl (C=O) groups excluding carboxylic acids is 1. The molecule has 1 aliphatic rings. The normalized spacial score (nSPS) is 15.9. The lowest BCUT2D eigenvalue weighted by Crippen LogP contribution is -2.27. The number of amides is 1. The first-order valence-corrected chi connectivity index (χ1v) is 10.9. The van der Waals surface area contributed by atoms with Gasteiger partial charge in [-0.2, -0.15) is 8.42 Å². The summed E-state index contributed by atoms with van der Waals surface area (Å²) in [6, 6.07) is 12.9. The van der Waals surface area contributed by atoms with E-state index in [0.717, 1.165) is 11.1 Å². The quantitative estimate of drug-likeness (QED) is 0.296. The molecule has 0 saturated carbocycles. The average molecular weight is 432 g/mol. The zero-order valence-corrected chi connectivity index (χ0v) is 17.4. The number of carbonyl (C=O) groups is 1. The number of aryl methyl sites for hydroxylation is 1. The molecule has 0 bridgehead atoms. The number of hydrogen-bond donors (Lipinski definition) is 0. The Morgan fingerprint density at radius 3 is 2.39 bits per heavy atom. The van der Waals surface area contributed by atoms with Crippen LogP contribution in [-0.4, -0.2) is 30.1 Å². The summed E-state index contributed by atoms with van der Waals surface area (Å²) < 4.78 is 30.4. The van der Waals surface area contributed by atoms with Gasteiger partial charge in [-0.3, -0.25) is 9.69 Å². The summed E-state index contributed by atoms with van der Waals surface area (Å²) in [5.41, 5.74) is 1.70. The summed E-state index contributed by atoms with van der Waals surface area (Å²) >= 11 is 6.43. The fraction of sp³-hybridized carbons (Fsp3) is 0.100. The summed E-state index contributed by atoms with van der Waals surface area (Å²) in [5.74, 6) is 0.0223. The van der Waals surface area contributed by atoms with Crippen molar-refractivity contribution in [2.45, 2.75) is 11.8 Å². The Balaban J connectivity index is 1.75. The van der Waals surface area contributed by atoms with Gasteiger partial charge >= 0.3 is 10.1 Å². The highest BCUT2D eigenvalue weighted by Gasteiger charge is 2.30. The molecule has 8 heteroatoms. The highest BCUT2D eigenvalue weighted by molar-refractivity contribution is 8.26. The van der Waals surface area contributed by atoms with Gasteiger partial charge in [-0.25, -0.2) is 0 Å². The molecule has 5 nitrogen and oxygen atoms in total. The molecule has 2 aromatic carbocycles. The Kier molecular flexibility index (Phi) is 6.02. The predicted molar refractivity (Wildman–Crippen MR) is 116 cm³/mol. The number of benzene rings is 2. The van der Waals surface area contributed by atoms with Crippen molar-refractivity contribution in [1.29, 1.82) is 0 Å². The molecule has 1 aliphatic heterocycles. The molecule has 1 amide bonds. The smallest absolute Gasteiger partial charge is 0.339 e. The number of thiocarbonyl (C=S) groups is 1. The molecular weight excluding hydrogens is 414 g/mol. The van der Waals surface area contributed by atoms with Crippen LogP contribution in [0.4, 0.5) is 0 Å². The van der Waals surface area contributed by atoms with E-state index in [0.29, 0.717) is 15.8 Å². The van der Waals surface area contributed by atoms with Crippen molar-refractivity contribution in [2.24, 2.45) is 0 Å². The van der Waals surface area contributed by atoms with E-state index in [9.17, 15) is 13.2 Å². The van der Waals surface area contributed by atoms with Crippen LogP contribution >= 0.6 is 24.0 Å². The van der Waals surface area contributed by atoms with Gasteiger partial charge in [0.25, 0.3) is 5.91 Å². The maximum Gasteiger partial charge on any atom is 0.339 e. The fourth-order valence-corrected chi connectivity index (χ4v) is 4.64. The molecule has 144 valence electrons. The lowest BCUT2D eigenvalue weighted by atomic mass is 10.2. The van der Waals surface area contributed by atoms with Gasteiger partial charge < -0.3 is 4.18 Å². The van der Waals surface area contributed by atoms with Gasteiger partial charge in [0.1, 0.15) is 15.0 Å². The summed E-state index contributed by atoms with van der Waals surface area (Å²) in [4.78, 5) is 14.4. The van der Waals surface area contributed by atoms with Crippen molar-refractivity contribution in [3.8, 4) is 5.75 Å². The predicted octanol–water partition coefficient (Wildman–Crippen LogP) is 4.15. The first-order valence-electron chi connectivity index (χ1n) is 8.27. The van der Waals surface area contributed by atoms with Crippen molar-refractivity contribution in [3.05, 3.63) is 77.2 Å². The summed E-state index contributed by atoms with van der Waals surface area (Å²) in [6.07, 6.45) is 3.33. The van der Waals surface area contributed by atoms with Crippen molar-refractivity contribution < 1.29 is 17.4 Å². The van der Waals surface area contributed by atoms with Crippen LogP contribution in [0.3, 0.4) is 0 Å². The maximum atomic E-state index is 12.3. The molecule has 3 rings (SSSR count). The van der Waals surface area contributed by atoms with Gasteiger partial charge in [0.15, 0.2) is 0 Å². The van der Waals surface area contributed by atoms with Gasteiger partial charge in [-0.1, -0.05) is 59.9 Å². The monoisotopic (exact) mass is 431 g/mol. The summed E-state index contributed by atoms with van der Waals surface area (Å²) in [5, 5.41) is 0. The molecule has 0 spiro atoms. The minimum absolute atomic E-state index is 0.0908. The first kappa shape index (κ1) is 20.3. The van der Waals surface area contributed by atoms with Gasteiger partial charge in [0.2, 0.25) is 0 Å². The molecule has 0 atom stereocenters. The molecule has 1 saturated heterocycles. The van der Waals surface area contributed by atoms with Crippen LogP contribution < -0.4 is 4.18 Å². The molecule has 2 aromatic rings. The Hall–Kier alpha value is -2.42. The SMILES string of the molecule is C=CCN1C(=O)/C(=C/c2ccc(OS(=O)(=O)c3ccc(C)cc3)cc2)SC1=S. The molecule has 1 heterocycles. The minimum atomic E-state index is -3.90. The van der Waals surface area contributed by atoms with Crippen LogP contribution in [0.1, 0.15) is 11.1 Å². The van der Waals surface area contributed by atoms with Gasteiger partial charge in [-0.15, -0.1) is 6.58 Å². The lowest BCUT2D eigenvalue weighted by molar-refractivity contribution is -0.121. The van der Waals surface area contributed by atoms with Gasteiger partial charge in [-0.05, 0) is 42.8 Å². The summed E-state index contributed by atoms with van der Waals surface area (Å²) in [7, 11) is -3.90. The Bertz CT molecular complexity index is 1060. The van der Waals surface area contributed by atoms with Crippen LogP contribution in [-0.2, 0) is 14.9 Å². The van der Waals surface area contributed by atoms with Crippen LogP contribution in [0, 0.1) is 6.92 Å². The molecule has 0 aromatic heterocycles. The largest absolute Gasteiger partial charge is 0.379 e. The number of hydrogen-bond acceptors (Lipinski definition) is 6. The van der Waals surface area contributed by atoms with Crippen LogP contribution in [0.15, 0.2) is 71.0 Å². The second kappa shape index (κ2) is 8.30. The molecule has 0 unspecified atom stereocenters. The highest BCUT2D eigenvalue weighted by atomic mass is 32.2. The molecular formula is C20H17NO4S3. The minimum Gasteiger partial charge on any atom is -0.379 e. The Labute approximate surface area is 173 Å². The van der Waals surface area contributed by atoms with E-state index in [1.807, 2.05) is 6.92 Å². The first-order chi connectivity index (χ1) is 13.3. The second-order valence-corrected chi connectivity index (χ2v) is 9.22. The van der Waals surface area contributed by atoms with E-state index < -0.39 is 10.1 Å². The van der Waals surface area contributed by atoms with Crippen LogP contribution in [0.25, 0.3) is 6.08 Å². The van der Waals surface area contributed by atoms with Gasteiger partial charge in [0, 0.05) is 6.54 Å². The maximum absolute atomic E-state index is 12.3. The zero-order chi connectivity index (χ0) is 20.3. The third-order valence-electron chi connectivity index (χ3n) is 3.88. The van der Waals surface area contributed by atoms with E-state index in [1.54, 1.807) is 48.6 Å². The van der Waals surface area contributed by atoms with Gasteiger partial charge in [0.05, 0.1) is 4.91 Å². The number of nitrogens with zero attached hydrogens (tertiary/aromatic N) is 1. The van der Waals surface area contributed by atoms with E-state index in [1.165, 1.54) is 28.8 Å². The Morgan fingerprint density at radius 1 is 1.14 bits per heavy atom. The third kappa shape index (κ3) is 4.52. The summed E-state index contributed by atoms with van der Waals surface area (Å²) in [6.45, 7) is 5.86. The van der Waals surface area contributed by atoms with Crippen molar-refractivity contribution in [1.82, 2.24) is 4.90 Å². The standard InChI is InChI=1S/C20H17NO4S3/c1-3-12-21-19(22)18(27-20(21)26)13-15-6-8-16(9-7-15)25-28(23,24)17-10-4-14(2)5-11-17/h3-11,13H,1,12H2,2H3/b18-13-. The van der Waals surface area contributed by atoms with Crippen LogP contribution in [0.5, 0.6) is 5.75 Å². The molecule has 0 aliphatic carbocycles. The van der Waals surface area contributed by atoms with Crippen molar-refractivity contribution in [2.75, 3.05) is 6.54 Å². The van der Waals surface area contributed by atoms with Crippen molar-refractivity contribution >= 4 is 50.4 Å². The molecule has 1 fully saturated rings. The second-order valence-electron chi connectivity index (χ2n) is 6.00. The van der Waals surface area contributed by atoms with E-state index in [-0.39, 0.29) is 16.6 Å². The highest BCUT2D eigenvalue weighted by Crippen LogP contribution is 2.32. The zero-order valence-electron chi connectivity index (χ0n) is 15.0. The molecule has 28 heavy (non-hydrogen) atoms. The topological polar surface area (TPSA) is 63.7 Å². The van der Waals surface area contributed by atoms with Crippen molar-refractivity contribution in [3.63, 3.8) is 0 Å². The number of rotatable bonds is 6. The number of thioether (sulfide) groups is 1. The lowest BCUT2D eigenvalue weighted by Gasteiger charge is -2.10.